The lowest BCUT2D eigenvalue weighted by Crippen LogP contribution is -1.91. The molecule has 0 radical (unpaired) electrons. The average molecular weight is 320 g/mol. The Bertz CT molecular complexity index is 724. The van der Waals surface area contributed by atoms with E-state index in [1.54, 1.807) is 13.0 Å². The highest BCUT2D eigenvalue weighted by Gasteiger charge is 2.10. The summed E-state index contributed by atoms with van der Waals surface area (Å²) in [7, 11) is 0. The number of aryl methyl sites for hydroxylation is 1. The van der Waals surface area contributed by atoms with Gasteiger partial charge >= 0.3 is 0 Å². The van der Waals surface area contributed by atoms with Gasteiger partial charge in [0.2, 0.25) is 0 Å². The Morgan fingerprint density at radius 1 is 1.05 bits per heavy atom. The van der Waals surface area contributed by atoms with Crippen LogP contribution in [0, 0.1) is 27.2 Å². The topological polar surface area (TPSA) is 98.6 Å². The van der Waals surface area contributed by atoms with Crippen molar-refractivity contribution in [1.29, 1.82) is 0 Å². The molecule has 0 amide bonds. The molecule has 7 nitrogen and oxygen atoms in total. The molecule has 0 aliphatic carbocycles. The molecule has 22 heavy (non-hydrogen) atoms. The van der Waals surface area contributed by atoms with E-state index in [4.69, 9.17) is 11.6 Å². The highest BCUT2D eigenvalue weighted by molar-refractivity contribution is 6.33. The van der Waals surface area contributed by atoms with Crippen molar-refractivity contribution >= 4 is 34.9 Å². The molecule has 0 fully saturated rings. The first-order valence-electron chi connectivity index (χ1n) is 6.11. The molecule has 2 aromatic rings. The van der Waals surface area contributed by atoms with Crippen molar-refractivity contribution in [3.63, 3.8) is 0 Å². The van der Waals surface area contributed by atoms with E-state index in [0.29, 0.717) is 16.3 Å². The molecule has 0 spiro atoms. The largest absolute Gasteiger partial charge is 0.271 e. The van der Waals surface area contributed by atoms with Crippen LogP contribution in [0.25, 0.3) is 0 Å². The Morgan fingerprint density at radius 3 is 2.27 bits per heavy atom. The molecule has 0 N–H and O–H groups in total. The fraction of sp³-hybridized carbons (Fsp3) is 0.0714. The van der Waals surface area contributed by atoms with Gasteiger partial charge in [0.15, 0.2) is 0 Å². The molecule has 0 atom stereocenters. The molecule has 0 saturated carbocycles. The van der Waals surface area contributed by atoms with E-state index in [2.05, 4.69) is 4.99 Å². The predicted octanol–water partition coefficient (Wildman–Crippen LogP) is 4.22. The van der Waals surface area contributed by atoms with Crippen LogP contribution in [-0.2, 0) is 0 Å². The van der Waals surface area contributed by atoms with Crippen LogP contribution >= 0.6 is 11.6 Å². The molecule has 0 aliphatic heterocycles. The lowest BCUT2D eigenvalue weighted by Gasteiger charge is -2.01. The number of benzene rings is 2. The predicted molar refractivity (Wildman–Crippen MR) is 83.2 cm³/mol. The van der Waals surface area contributed by atoms with Gasteiger partial charge in [-0.2, -0.15) is 0 Å². The molecular formula is C14H10ClN3O4. The number of hydrogen-bond acceptors (Lipinski definition) is 5. The Balaban J connectivity index is 2.40. The summed E-state index contributed by atoms with van der Waals surface area (Å²) in [5.41, 5.74) is 1.31. The maximum absolute atomic E-state index is 10.8. The van der Waals surface area contributed by atoms with Gasteiger partial charge in [-0.25, -0.2) is 0 Å². The standard InChI is InChI=1S/C14H10ClN3O4/c1-9-2-3-12(18(21)22)7-14(9)16-8-10-6-11(17(19)20)4-5-13(10)15/h2-8H,1H3. The minimum atomic E-state index is -0.535. The number of hydrogen-bond donors (Lipinski definition) is 0. The third-order valence-corrected chi connectivity index (χ3v) is 3.28. The molecule has 0 aliphatic rings. The van der Waals surface area contributed by atoms with Crippen molar-refractivity contribution in [1.82, 2.24) is 0 Å². The van der Waals surface area contributed by atoms with E-state index in [1.165, 1.54) is 36.5 Å². The summed E-state index contributed by atoms with van der Waals surface area (Å²) >= 11 is 5.97. The maximum atomic E-state index is 10.8. The maximum Gasteiger partial charge on any atom is 0.271 e. The number of nitro benzene ring substituents is 2. The molecule has 0 heterocycles. The number of non-ortho nitro benzene ring substituents is 2. The third kappa shape index (κ3) is 3.44. The van der Waals surface area contributed by atoms with Crippen LogP contribution in [0.4, 0.5) is 17.1 Å². The second-order valence-corrected chi connectivity index (χ2v) is 4.86. The van der Waals surface area contributed by atoms with E-state index in [9.17, 15) is 20.2 Å². The van der Waals surface area contributed by atoms with Crippen LogP contribution < -0.4 is 0 Å². The second-order valence-electron chi connectivity index (χ2n) is 4.45. The van der Waals surface area contributed by atoms with Crippen molar-refractivity contribution in [3.8, 4) is 0 Å². The summed E-state index contributed by atoms with van der Waals surface area (Å²) in [4.78, 5) is 24.6. The quantitative estimate of drug-likeness (QED) is 0.478. The minimum absolute atomic E-state index is 0.0807. The zero-order chi connectivity index (χ0) is 16.3. The van der Waals surface area contributed by atoms with E-state index in [1.807, 2.05) is 0 Å². The molecule has 112 valence electrons. The molecular weight excluding hydrogens is 310 g/mol. The van der Waals surface area contributed by atoms with Crippen LogP contribution in [0.3, 0.4) is 0 Å². The van der Waals surface area contributed by atoms with Crippen molar-refractivity contribution in [2.75, 3.05) is 0 Å². The summed E-state index contributed by atoms with van der Waals surface area (Å²) in [6, 6.07) is 8.28. The molecule has 8 heteroatoms. The van der Waals surface area contributed by atoms with E-state index in [0.717, 1.165) is 5.56 Å². The number of nitrogens with zero attached hydrogens (tertiary/aromatic N) is 3. The normalized spacial score (nSPS) is 10.8. The number of rotatable bonds is 4. The smallest absolute Gasteiger partial charge is 0.258 e. The van der Waals surface area contributed by atoms with Crippen LogP contribution in [0.15, 0.2) is 41.4 Å². The van der Waals surface area contributed by atoms with Crippen LogP contribution in [0.5, 0.6) is 0 Å². The summed E-state index contributed by atoms with van der Waals surface area (Å²) < 4.78 is 0. The monoisotopic (exact) mass is 319 g/mol. The summed E-state index contributed by atoms with van der Waals surface area (Å²) in [5, 5.41) is 21.8. The van der Waals surface area contributed by atoms with Crippen molar-refractivity contribution in [2.24, 2.45) is 4.99 Å². The van der Waals surface area contributed by atoms with Gasteiger partial charge in [0, 0.05) is 41.1 Å². The first-order valence-corrected chi connectivity index (χ1v) is 6.49. The SMILES string of the molecule is Cc1ccc([N+](=O)[O-])cc1N=Cc1cc([N+](=O)[O-])ccc1Cl. The Labute approximate surface area is 130 Å². The van der Waals surface area contributed by atoms with Gasteiger partial charge in [0.25, 0.3) is 11.4 Å². The number of nitro groups is 2. The van der Waals surface area contributed by atoms with Crippen molar-refractivity contribution < 1.29 is 9.85 Å². The van der Waals surface area contributed by atoms with Crippen LogP contribution in [0.1, 0.15) is 11.1 Å². The van der Waals surface area contributed by atoms with E-state index < -0.39 is 9.85 Å². The van der Waals surface area contributed by atoms with E-state index in [-0.39, 0.29) is 11.4 Å². The fourth-order valence-corrected chi connectivity index (χ4v) is 1.90. The lowest BCUT2D eigenvalue weighted by atomic mass is 10.2. The van der Waals surface area contributed by atoms with Gasteiger partial charge in [-0.15, -0.1) is 0 Å². The van der Waals surface area contributed by atoms with E-state index >= 15 is 0 Å². The third-order valence-electron chi connectivity index (χ3n) is 2.94. The van der Waals surface area contributed by atoms with Crippen molar-refractivity contribution in [3.05, 3.63) is 72.8 Å². The Hall–Kier alpha value is -2.80. The zero-order valence-electron chi connectivity index (χ0n) is 11.4. The second kappa shape index (κ2) is 6.31. The summed E-state index contributed by atoms with van der Waals surface area (Å²) in [5.74, 6) is 0. The lowest BCUT2D eigenvalue weighted by molar-refractivity contribution is -0.385. The molecule has 0 unspecified atom stereocenters. The highest BCUT2D eigenvalue weighted by atomic mass is 35.5. The minimum Gasteiger partial charge on any atom is -0.258 e. The number of aliphatic imine (C=N–C) groups is 1. The molecule has 2 rings (SSSR count). The number of halogens is 1. The molecule has 2 aromatic carbocycles. The molecule has 0 aromatic heterocycles. The van der Waals surface area contributed by atoms with Gasteiger partial charge in [-0.1, -0.05) is 17.7 Å². The summed E-state index contributed by atoms with van der Waals surface area (Å²) in [6.45, 7) is 1.76. The van der Waals surface area contributed by atoms with Gasteiger partial charge in [-0.3, -0.25) is 25.2 Å². The Kier molecular flexibility index (Phi) is 4.47. The zero-order valence-corrected chi connectivity index (χ0v) is 12.1. The van der Waals surface area contributed by atoms with Crippen LogP contribution in [-0.4, -0.2) is 16.1 Å². The van der Waals surface area contributed by atoms with Crippen molar-refractivity contribution in [2.45, 2.75) is 6.92 Å². The first-order chi connectivity index (χ1) is 10.4. The fourth-order valence-electron chi connectivity index (χ4n) is 1.73. The van der Waals surface area contributed by atoms with Gasteiger partial charge in [-0.05, 0) is 18.6 Å². The van der Waals surface area contributed by atoms with Crippen LogP contribution in [0.2, 0.25) is 5.02 Å². The highest BCUT2D eigenvalue weighted by Crippen LogP contribution is 2.26. The summed E-state index contributed by atoms with van der Waals surface area (Å²) in [6.07, 6.45) is 1.35. The van der Waals surface area contributed by atoms with Gasteiger partial charge in [0.05, 0.1) is 15.5 Å². The first kappa shape index (κ1) is 15.6. The van der Waals surface area contributed by atoms with Gasteiger partial charge < -0.3 is 0 Å². The Morgan fingerprint density at radius 2 is 1.64 bits per heavy atom. The molecule has 0 bridgehead atoms. The average Bonchev–Trinajstić information content (AvgIpc) is 2.47. The van der Waals surface area contributed by atoms with Gasteiger partial charge in [0.1, 0.15) is 0 Å². The molecule has 0 saturated heterocycles.